The first-order valence-corrected chi connectivity index (χ1v) is 7.46. The van der Waals surface area contributed by atoms with Gasteiger partial charge in [0.25, 0.3) is 5.91 Å². The topological polar surface area (TPSA) is 59.8 Å². The number of aromatic nitrogens is 3. The quantitative estimate of drug-likeness (QED) is 0.796. The molecular weight excluding hydrogens is 312 g/mol. The molecule has 0 saturated heterocycles. The van der Waals surface area contributed by atoms with Crippen LogP contribution in [0.1, 0.15) is 21.5 Å². The maximum Gasteiger partial charge on any atom is 0.255 e. The molecule has 1 amide bonds. The van der Waals surface area contributed by atoms with E-state index < -0.39 is 0 Å². The van der Waals surface area contributed by atoms with Crippen LogP contribution in [0.5, 0.6) is 0 Å². The van der Waals surface area contributed by atoms with E-state index in [4.69, 9.17) is 11.6 Å². The summed E-state index contributed by atoms with van der Waals surface area (Å²) in [6.45, 7) is 3.91. The molecule has 0 aliphatic rings. The molecule has 1 aromatic heterocycles. The van der Waals surface area contributed by atoms with Crippen LogP contribution in [0.3, 0.4) is 0 Å². The van der Waals surface area contributed by atoms with Crippen LogP contribution in [-0.4, -0.2) is 20.7 Å². The van der Waals surface area contributed by atoms with Crippen molar-refractivity contribution in [3.05, 3.63) is 70.8 Å². The van der Waals surface area contributed by atoms with Crippen LogP contribution >= 0.6 is 11.6 Å². The van der Waals surface area contributed by atoms with Crippen LogP contribution in [0.15, 0.2) is 49.1 Å². The normalized spacial score (nSPS) is 10.6. The zero-order valence-corrected chi connectivity index (χ0v) is 13.5. The fourth-order valence-electron chi connectivity index (χ4n) is 2.33. The number of nitrogens with zero attached hydrogens (tertiary/aromatic N) is 3. The van der Waals surface area contributed by atoms with Gasteiger partial charge in [-0.1, -0.05) is 23.7 Å². The lowest BCUT2D eigenvalue weighted by atomic mass is 10.0. The monoisotopic (exact) mass is 326 g/mol. The lowest BCUT2D eigenvalue weighted by molar-refractivity contribution is 0.102. The zero-order chi connectivity index (χ0) is 16.4. The largest absolute Gasteiger partial charge is 0.320 e. The van der Waals surface area contributed by atoms with Crippen molar-refractivity contribution in [1.82, 2.24) is 14.8 Å². The average molecular weight is 327 g/mol. The Morgan fingerprint density at radius 2 is 2.04 bits per heavy atom. The lowest BCUT2D eigenvalue weighted by Crippen LogP contribution is -2.15. The number of amides is 1. The van der Waals surface area contributed by atoms with Crippen molar-refractivity contribution in [1.29, 1.82) is 0 Å². The summed E-state index contributed by atoms with van der Waals surface area (Å²) >= 11 is 6.07. The molecule has 0 aliphatic heterocycles. The summed E-state index contributed by atoms with van der Waals surface area (Å²) in [4.78, 5) is 16.6. The van der Waals surface area contributed by atoms with Crippen molar-refractivity contribution >= 4 is 23.2 Å². The molecule has 1 heterocycles. The van der Waals surface area contributed by atoms with Gasteiger partial charge in [0, 0.05) is 10.6 Å². The van der Waals surface area contributed by atoms with Crippen molar-refractivity contribution < 1.29 is 4.79 Å². The van der Waals surface area contributed by atoms with Gasteiger partial charge in [0.2, 0.25) is 0 Å². The Morgan fingerprint density at radius 3 is 2.78 bits per heavy atom. The molecule has 0 atom stereocenters. The Morgan fingerprint density at radius 1 is 1.22 bits per heavy atom. The fourth-order valence-corrected chi connectivity index (χ4v) is 2.50. The minimum absolute atomic E-state index is 0.185. The molecule has 0 unspecified atom stereocenters. The van der Waals surface area contributed by atoms with Gasteiger partial charge in [0.1, 0.15) is 12.7 Å². The summed E-state index contributed by atoms with van der Waals surface area (Å²) in [5.41, 5.74) is 3.93. The van der Waals surface area contributed by atoms with E-state index >= 15 is 0 Å². The van der Waals surface area contributed by atoms with Gasteiger partial charge in [-0.05, 0) is 49.2 Å². The average Bonchev–Trinajstić information content (AvgIpc) is 3.04. The van der Waals surface area contributed by atoms with Gasteiger partial charge in [0.05, 0.1) is 11.4 Å². The highest BCUT2D eigenvalue weighted by molar-refractivity contribution is 6.31. The third kappa shape index (κ3) is 3.10. The number of carbonyl (C=O) groups excluding carboxylic acids is 1. The number of benzene rings is 2. The van der Waals surface area contributed by atoms with Gasteiger partial charge in [-0.25, -0.2) is 9.67 Å². The highest BCUT2D eigenvalue weighted by Crippen LogP contribution is 2.25. The van der Waals surface area contributed by atoms with Crippen LogP contribution in [0, 0.1) is 13.8 Å². The van der Waals surface area contributed by atoms with E-state index in [2.05, 4.69) is 15.4 Å². The zero-order valence-electron chi connectivity index (χ0n) is 12.7. The predicted molar refractivity (Wildman–Crippen MR) is 90.2 cm³/mol. The van der Waals surface area contributed by atoms with Crippen LogP contribution in [0.4, 0.5) is 5.69 Å². The molecule has 0 aliphatic carbocycles. The third-order valence-electron chi connectivity index (χ3n) is 3.72. The first-order chi connectivity index (χ1) is 11.1. The Labute approximate surface area is 138 Å². The van der Waals surface area contributed by atoms with Crippen LogP contribution < -0.4 is 5.32 Å². The first kappa shape index (κ1) is 15.2. The summed E-state index contributed by atoms with van der Waals surface area (Å²) in [6.07, 6.45) is 3.00. The van der Waals surface area contributed by atoms with Crippen molar-refractivity contribution in [3.8, 4) is 5.69 Å². The number of anilines is 1. The van der Waals surface area contributed by atoms with E-state index in [0.29, 0.717) is 22.0 Å². The molecule has 3 rings (SSSR count). The third-order valence-corrected chi connectivity index (χ3v) is 3.96. The fraction of sp³-hybridized carbons (Fsp3) is 0.118. The minimum Gasteiger partial charge on any atom is -0.320 e. The van der Waals surface area contributed by atoms with Gasteiger partial charge in [0.15, 0.2) is 0 Å². The van der Waals surface area contributed by atoms with Gasteiger partial charge in [-0.15, -0.1) is 0 Å². The Bertz CT molecular complexity index is 859. The van der Waals surface area contributed by atoms with E-state index in [1.54, 1.807) is 35.3 Å². The number of hydrogen-bond donors (Lipinski definition) is 1. The van der Waals surface area contributed by atoms with E-state index in [1.807, 2.05) is 26.0 Å². The molecule has 0 saturated carbocycles. The molecule has 2 aromatic carbocycles. The molecule has 0 radical (unpaired) electrons. The van der Waals surface area contributed by atoms with E-state index in [9.17, 15) is 4.79 Å². The van der Waals surface area contributed by atoms with Crippen molar-refractivity contribution in [3.63, 3.8) is 0 Å². The van der Waals surface area contributed by atoms with Gasteiger partial charge < -0.3 is 5.32 Å². The number of nitrogens with one attached hydrogen (secondary N) is 1. The molecule has 3 aromatic rings. The molecule has 116 valence electrons. The Balaban J connectivity index is 1.98. The molecule has 0 spiro atoms. The lowest BCUT2D eigenvalue weighted by Gasteiger charge is -2.13. The Hall–Kier alpha value is -2.66. The SMILES string of the molecule is Cc1cccc(C(=O)Nc2cc(Cl)ccc2-n2cncn2)c1C. The van der Waals surface area contributed by atoms with Gasteiger partial charge in [-0.3, -0.25) is 4.79 Å². The van der Waals surface area contributed by atoms with Crippen molar-refractivity contribution in [2.45, 2.75) is 13.8 Å². The highest BCUT2D eigenvalue weighted by Gasteiger charge is 2.14. The van der Waals surface area contributed by atoms with Gasteiger partial charge in [-0.2, -0.15) is 5.10 Å². The van der Waals surface area contributed by atoms with Crippen LogP contribution in [0.25, 0.3) is 5.69 Å². The number of halogens is 1. The number of hydrogen-bond acceptors (Lipinski definition) is 3. The second-order valence-corrected chi connectivity index (χ2v) is 5.64. The minimum atomic E-state index is -0.185. The van der Waals surface area contributed by atoms with E-state index in [0.717, 1.165) is 11.1 Å². The van der Waals surface area contributed by atoms with Crippen LogP contribution in [-0.2, 0) is 0 Å². The van der Waals surface area contributed by atoms with Crippen LogP contribution in [0.2, 0.25) is 5.02 Å². The van der Waals surface area contributed by atoms with Crippen molar-refractivity contribution in [2.75, 3.05) is 5.32 Å². The summed E-state index contributed by atoms with van der Waals surface area (Å²) in [5.74, 6) is -0.185. The maximum absolute atomic E-state index is 12.6. The summed E-state index contributed by atoms with van der Waals surface area (Å²) in [6, 6.07) is 10.9. The van der Waals surface area contributed by atoms with E-state index in [1.165, 1.54) is 6.33 Å². The number of aryl methyl sites for hydroxylation is 1. The number of carbonyl (C=O) groups is 1. The smallest absolute Gasteiger partial charge is 0.255 e. The van der Waals surface area contributed by atoms with Gasteiger partial charge >= 0.3 is 0 Å². The molecule has 5 nitrogen and oxygen atoms in total. The molecular formula is C17H15ClN4O. The Kier molecular flexibility index (Phi) is 4.12. The number of rotatable bonds is 3. The second-order valence-electron chi connectivity index (χ2n) is 5.20. The molecule has 6 heteroatoms. The summed E-state index contributed by atoms with van der Waals surface area (Å²) < 4.78 is 1.58. The molecule has 1 N–H and O–H groups in total. The first-order valence-electron chi connectivity index (χ1n) is 7.08. The standard InChI is InChI=1S/C17H15ClN4O/c1-11-4-3-5-14(12(11)2)17(23)21-15-8-13(18)6-7-16(15)22-10-19-9-20-22/h3-10H,1-2H3,(H,21,23). The predicted octanol–water partition coefficient (Wildman–Crippen LogP) is 3.79. The van der Waals surface area contributed by atoms with Crippen molar-refractivity contribution in [2.24, 2.45) is 0 Å². The second kappa shape index (κ2) is 6.22. The molecule has 0 bridgehead atoms. The van der Waals surface area contributed by atoms with E-state index in [-0.39, 0.29) is 5.91 Å². The molecule has 0 fully saturated rings. The summed E-state index contributed by atoms with van der Waals surface area (Å²) in [7, 11) is 0. The highest BCUT2D eigenvalue weighted by atomic mass is 35.5. The maximum atomic E-state index is 12.6. The molecule has 23 heavy (non-hydrogen) atoms. The summed E-state index contributed by atoms with van der Waals surface area (Å²) in [5, 5.41) is 7.54.